The van der Waals surface area contributed by atoms with Crippen LogP contribution < -0.4 is 10.9 Å². The number of hydrazine groups is 1. The fourth-order valence-electron chi connectivity index (χ4n) is 0.639. The lowest BCUT2D eigenvalue weighted by molar-refractivity contribution is 0.0939. The Bertz CT molecular complexity index is 330. The highest BCUT2D eigenvalue weighted by atomic mass is 32.2. The number of thiocarbonyl (C=S) groups is 1. The zero-order valence-electron chi connectivity index (χ0n) is 7.35. The summed E-state index contributed by atoms with van der Waals surface area (Å²) in [5, 5.41) is 0. The Morgan fingerprint density at radius 3 is 2.86 bits per heavy atom. The molecule has 1 rings (SSSR count). The number of hydrogen-bond acceptors (Lipinski definition) is 5. The minimum absolute atomic E-state index is 0.240. The molecule has 1 heterocycles. The molecule has 5 nitrogen and oxygen atoms in total. The summed E-state index contributed by atoms with van der Waals surface area (Å²) >= 11 is 6.16. The molecule has 0 spiro atoms. The second-order valence-electron chi connectivity index (χ2n) is 2.16. The average molecular weight is 228 g/mol. The zero-order chi connectivity index (χ0) is 10.4. The minimum Gasteiger partial charge on any atom is -0.283 e. The molecular weight excluding hydrogens is 220 g/mol. The number of carbonyl (C=O) groups is 1. The van der Waals surface area contributed by atoms with Crippen molar-refractivity contribution in [2.75, 3.05) is 6.26 Å². The van der Waals surface area contributed by atoms with Crippen LogP contribution in [0.3, 0.4) is 0 Å². The summed E-state index contributed by atoms with van der Waals surface area (Å²) in [5.41, 5.74) is 5.19. The van der Waals surface area contributed by atoms with Crippen molar-refractivity contribution in [1.82, 2.24) is 20.8 Å². The molecule has 0 saturated carbocycles. The predicted octanol–water partition coefficient (Wildman–Crippen LogP) is 0.359. The lowest BCUT2D eigenvalue weighted by Crippen LogP contribution is -2.39. The zero-order valence-corrected chi connectivity index (χ0v) is 8.98. The van der Waals surface area contributed by atoms with E-state index >= 15 is 0 Å². The van der Waals surface area contributed by atoms with Gasteiger partial charge in [-0.1, -0.05) is 24.0 Å². The molecule has 1 amide bonds. The van der Waals surface area contributed by atoms with Crippen molar-refractivity contribution >= 4 is 34.2 Å². The maximum Gasteiger partial charge on any atom is 0.289 e. The van der Waals surface area contributed by atoms with Crippen molar-refractivity contribution in [3.8, 4) is 0 Å². The molecule has 14 heavy (non-hydrogen) atoms. The molecule has 2 N–H and O–H groups in total. The van der Waals surface area contributed by atoms with Crippen LogP contribution in [-0.2, 0) is 0 Å². The van der Waals surface area contributed by atoms with Gasteiger partial charge in [0, 0.05) is 12.4 Å². The Morgan fingerprint density at radius 1 is 1.50 bits per heavy atom. The van der Waals surface area contributed by atoms with E-state index in [1.165, 1.54) is 30.4 Å². The Labute approximate surface area is 90.7 Å². The Morgan fingerprint density at radius 2 is 2.29 bits per heavy atom. The molecule has 0 aliphatic carbocycles. The topological polar surface area (TPSA) is 66.9 Å². The number of amides is 1. The lowest BCUT2D eigenvalue weighted by atomic mass is 10.4. The molecular formula is C7H8N4OS2. The molecule has 0 fully saturated rings. The second kappa shape index (κ2) is 5.51. The summed E-state index contributed by atoms with van der Waals surface area (Å²) in [6.45, 7) is 0. The highest BCUT2D eigenvalue weighted by molar-refractivity contribution is 8.22. The van der Waals surface area contributed by atoms with Gasteiger partial charge in [0.2, 0.25) is 0 Å². The van der Waals surface area contributed by atoms with Crippen LogP contribution in [0.15, 0.2) is 18.6 Å². The molecule has 0 saturated heterocycles. The van der Waals surface area contributed by atoms with E-state index in [-0.39, 0.29) is 11.6 Å². The summed E-state index contributed by atoms with van der Waals surface area (Å²) in [4.78, 5) is 18.9. The highest BCUT2D eigenvalue weighted by Gasteiger charge is 2.05. The first kappa shape index (κ1) is 10.9. The van der Waals surface area contributed by atoms with Gasteiger partial charge >= 0.3 is 0 Å². The van der Waals surface area contributed by atoms with Gasteiger partial charge in [0.25, 0.3) is 5.91 Å². The van der Waals surface area contributed by atoms with Crippen molar-refractivity contribution in [2.45, 2.75) is 0 Å². The molecule has 0 aromatic carbocycles. The number of nitrogens with zero attached hydrogens (tertiary/aromatic N) is 2. The minimum atomic E-state index is -0.366. The maximum absolute atomic E-state index is 11.3. The molecule has 74 valence electrons. The summed E-state index contributed by atoms with van der Waals surface area (Å²) in [6, 6.07) is 0. The summed E-state index contributed by atoms with van der Waals surface area (Å²) in [6.07, 6.45) is 6.13. The van der Waals surface area contributed by atoms with E-state index in [0.29, 0.717) is 4.32 Å². The van der Waals surface area contributed by atoms with Gasteiger partial charge in [0.15, 0.2) is 4.32 Å². The lowest BCUT2D eigenvalue weighted by Gasteiger charge is -2.05. The largest absolute Gasteiger partial charge is 0.289 e. The number of nitrogens with one attached hydrogen (secondary N) is 2. The van der Waals surface area contributed by atoms with Gasteiger partial charge in [-0.25, -0.2) is 4.98 Å². The van der Waals surface area contributed by atoms with Crippen LogP contribution in [0, 0.1) is 0 Å². The number of hydrogen-bond donors (Lipinski definition) is 2. The fourth-order valence-corrected chi connectivity index (χ4v) is 0.843. The number of rotatable bonds is 1. The quantitative estimate of drug-likeness (QED) is 0.534. The van der Waals surface area contributed by atoms with Crippen LogP contribution in [0.2, 0.25) is 0 Å². The standard InChI is InChI=1S/C7H8N4OS2/c1-14-7(13)11-10-6(12)5-4-8-2-3-9-5/h2-4H,1H3,(H,10,12)(H,11,13). The monoisotopic (exact) mass is 228 g/mol. The molecule has 0 radical (unpaired) electrons. The third-order valence-electron chi connectivity index (χ3n) is 1.26. The Kier molecular flexibility index (Phi) is 4.27. The summed E-state index contributed by atoms with van der Waals surface area (Å²) < 4.78 is 0.488. The molecule has 0 unspecified atom stereocenters. The van der Waals surface area contributed by atoms with E-state index in [4.69, 9.17) is 12.2 Å². The fraction of sp³-hybridized carbons (Fsp3) is 0.143. The highest BCUT2D eigenvalue weighted by Crippen LogP contribution is 1.92. The molecule has 7 heteroatoms. The van der Waals surface area contributed by atoms with Crippen LogP contribution in [0.1, 0.15) is 10.5 Å². The first-order valence-electron chi connectivity index (χ1n) is 3.64. The molecule has 0 aliphatic rings. The smallest absolute Gasteiger partial charge is 0.283 e. The van der Waals surface area contributed by atoms with Crippen molar-refractivity contribution in [2.24, 2.45) is 0 Å². The third kappa shape index (κ3) is 3.27. The van der Waals surface area contributed by atoms with Gasteiger partial charge in [0.1, 0.15) is 5.69 Å². The van der Waals surface area contributed by atoms with Crippen LogP contribution >= 0.6 is 24.0 Å². The van der Waals surface area contributed by atoms with E-state index in [2.05, 4.69) is 20.8 Å². The maximum atomic E-state index is 11.3. The van der Waals surface area contributed by atoms with E-state index in [0.717, 1.165) is 0 Å². The van der Waals surface area contributed by atoms with Crippen molar-refractivity contribution < 1.29 is 4.79 Å². The number of carbonyl (C=O) groups excluding carboxylic acids is 1. The second-order valence-corrected chi connectivity index (χ2v) is 3.64. The van der Waals surface area contributed by atoms with E-state index in [9.17, 15) is 4.79 Å². The summed E-state index contributed by atoms with van der Waals surface area (Å²) in [5.74, 6) is -0.366. The van der Waals surface area contributed by atoms with Crippen molar-refractivity contribution in [3.63, 3.8) is 0 Å². The van der Waals surface area contributed by atoms with Crippen LogP contribution in [-0.4, -0.2) is 26.5 Å². The van der Waals surface area contributed by atoms with Crippen LogP contribution in [0.5, 0.6) is 0 Å². The summed E-state index contributed by atoms with van der Waals surface area (Å²) in [7, 11) is 0. The molecule has 1 aromatic rings. The van der Waals surface area contributed by atoms with E-state index in [1.54, 1.807) is 0 Å². The Hall–Kier alpha value is -1.21. The number of aromatic nitrogens is 2. The molecule has 0 aliphatic heterocycles. The van der Waals surface area contributed by atoms with Crippen molar-refractivity contribution in [1.29, 1.82) is 0 Å². The van der Waals surface area contributed by atoms with E-state index < -0.39 is 0 Å². The first-order chi connectivity index (χ1) is 6.74. The molecule has 1 aromatic heterocycles. The van der Waals surface area contributed by atoms with Crippen LogP contribution in [0.25, 0.3) is 0 Å². The normalized spacial score (nSPS) is 9.21. The van der Waals surface area contributed by atoms with E-state index in [1.807, 2.05) is 6.26 Å². The molecule has 0 bridgehead atoms. The Balaban J connectivity index is 2.48. The van der Waals surface area contributed by atoms with Crippen LogP contribution in [0.4, 0.5) is 0 Å². The first-order valence-corrected chi connectivity index (χ1v) is 5.27. The van der Waals surface area contributed by atoms with Gasteiger partial charge in [-0.3, -0.25) is 20.6 Å². The van der Waals surface area contributed by atoms with Gasteiger partial charge in [-0.05, 0) is 6.26 Å². The van der Waals surface area contributed by atoms with Gasteiger partial charge in [-0.2, -0.15) is 0 Å². The van der Waals surface area contributed by atoms with Crippen molar-refractivity contribution in [3.05, 3.63) is 24.3 Å². The van der Waals surface area contributed by atoms with Gasteiger partial charge < -0.3 is 0 Å². The average Bonchev–Trinajstić information content (AvgIpc) is 2.26. The SMILES string of the molecule is CSC(=S)NNC(=O)c1cnccn1. The number of thioether (sulfide) groups is 1. The van der Waals surface area contributed by atoms with Gasteiger partial charge in [0.05, 0.1) is 6.20 Å². The third-order valence-corrected chi connectivity index (χ3v) is 2.33. The van der Waals surface area contributed by atoms with Gasteiger partial charge in [-0.15, -0.1) is 0 Å². The predicted molar refractivity (Wildman–Crippen MR) is 58.7 cm³/mol. The molecule has 0 atom stereocenters.